The highest BCUT2D eigenvalue weighted by Crippen LogP contribution is 2.32. The first-order chi connectivity index (χ1) is 16.6. The van der Waals surface area contributed by atoms with Gasteiger partial charge in [-0.1, -0.05) is 104 Å². The molecule has 0 fully saturated rings. The number of rotatable bonds is 10. The van der Waals surface area contributed by atoms with E-state index in [1.54, 1.807) is 0 Å². The molecular formula is C31H44N2O2. The third-order valence-electron chi connectivity index (χ3n) is 7.17. The lowest BCUT2D eigenvalue weighted by Gasteiger charge is -2.27. The Labute approximate surface area is 212 Å². The van der Waals surface area contributed by atoms with Gasteiger partial charge >= 0.3 is 0 Å². The van der Waals surface area contributed by atoms with E-state index in [0.29, 0.717) is 18.4 Å². The molecule has 3 rings (SSSR count). The Morgan fingerprint density at radius 3 is 2.09 bits per heavy atom. The monoisotopic (exact) mass is 476 g/mol. The number of hydrogen-bond acceptors (Lipinski definition) is 3. The quantitative estimate of drug-likeness (QED) is 0.393. The van der Waals surface area contributed by atoms with Gasteiger partial charge < -0.3 is 10.1 Å². The van der Waals surface area contributed by atoms with Gasteiger partial charge in [-0.25, -0.2) is 4.99 Å². The van der Waals surface area contributed by atoms with Crippen molar-refractivity contribution >= 4 is 11.8 Å². The minimum Gasteiger partial charge on any atom is -0.477 e. The molecule has 1 aliphatic rings. The Bertz CT molecular complexity index is 995. The minimum atomic E-state index is -0.238. The van der Waals surface area contributed by atoms with Crippen molar-refractivity contribution in [1.82, 2.24) is 5.32 Å². The number of nitrogens with zero attached hydrogens (tertiary/aromatic N) is 1. The highest BCUT2D eigenvalue weighted by atomic mass is 16.5. The smallest absolute Gasteiger partial charge is 0.252 e. The summed E-state index contributed by atoms with van der Waals surface area (Å²) in [5.41, 5.74) is 5.61. The van der Waals surface area contributed by atoms with E-state index in [1.807, 2.05) is 6.07 Å². The molecule has 1 amide bonds. The van der Waals surface area contributed by atoms with Crippen molar-refractivity contribution in [3.05, 3.63) is 70.3 Å². The van der Waals surface area contributed by atoms with Crippen LogP contribution in [-0.4, -0.2) is 30.5 Å². The average molecular weight is 477 g/mol. The molecule has 1 N–H and O–H groups in total. The Morgan fingerprint density at radius 1 is 0.971 bits per heavy atom. The van der Waals surface area contributed by atoms with Crippen LogP contribution in [0.25, 0.3) is 0 Å². The van der Waals surface area contributed by atoms with Crippen molar-refractivity contribution in [1.29, 1.82) is 0 Å². The number of nitrogens with one attached hydrogen (secondary N) is 1. The van der Waals surface area contributed by atoms with Crippen LogP contribution in [0.2, 0.25) is 0 Å². The zero-order chi connectivity index (χ0) is 25.7. The lowest BCUT2D eigenvalue weighted by Crippen LogP contribution is -2.46. The summed E-state index contributed by atoms with van der Waals surface area (Å²) < 4.78 is 6.10. The third-order valence-corrected chi connectivity index (χ3v) is 7.17. The van der Waals surface area contributed by atoms with Crippen molar-refractivity contribution in [3.8, 4) is 0 Å². The second-order valence-corrected chi connectivity index (χ2v) is 11.0. The van der Waals surface area contributed by atoms with Crippen LogP contribution < -0.4 is 5.32 Å². The fourth-order valence-electron chi connectivity index (χ4n) is 4.71. The summed E-state index contributed by atoms with van der Waals surface area (Å²) in [4.78, 5) is 18.8. The maximum Gasteiger partial charge on any atom is 0.252 e. The molecule has 35 heavy (non-hydrogen) atoms. The molecular weight excluding hydrogens is 432 g/mol. The molecule has 4 nitrogen and oxygen atoms in total. The standard InChI is InChI=1S/C31H44N2O2/c1-9-22(8)29(31-32-25(18-35-31)15-23-13-11-10-12-14-23)33-30(34)28-26(20(4)5)16-24(19(2)3)17-27(28)21(6)7/h10-14,16-17,19-22,25,29H,9,15,18H2,1-8H3,(H,33,34)/t22-,25-,29?/m0/s1. The van der Waals surface area contributed by atoms with E-state index in [2.05, 4.69) is 97.1 Å². The molecule has 0 aromatic heterocycles. The SMILES string of the molecule is CC[C@H](C)C(NC(=O)c1c(C(C)C)cc(C(C)C)cc1C(C)C)C1=N[C@@H](Cc2ccccc2)CO1. The van der Waals surface area contributed by atoms with E-state index in [4.69, 9.17) is 9.73 Å². The van der Waals surface area contributed by atoms with Gasteiger partial charge in [0.05, 0.1) is 6.04 Å². The molecule has 2 aromatic rings. The number of ether oxygens (including phenoxy) is 1. The predicted octanol–water partition coefficient (Wildman–Crippen LogP) is 7.24. The summed E-state index contributed by atoms with van der Waals surface area (Å²) in [5.74, 6) is 1.79. The number of benzene rings is 2. The molecule has 2 aromatic carbocycles. The van der Waals surface area contributed by atoms with Crippen LogP contribution >= 0.6 is 0 Å². The molecule has 0 saturated heterocycles. The van der Waals surface area contributed by atoms with E-state index in [1.165, 1.54) is 11.1 Å². The summed E-state index contributed by atoms with van der Waals surface area (Å²) in [6.45, 7) is 18.0. The second kappa shape index (κ2) is 11.9. The molecule has 1 heterocycles. The van der Waals surface area contributed by atoms with Crippen LogP contribution in [0.4, 0.5) is 0 Å². The molecule has 0 spiro atoms. The fourth-order valence-corrected chi connectivity index (χ4v) is 4.71. The molecule has 0 bridgehead atoms. The van der Waals surface area contributed by atoms with Gasteiger partial charge in [0.15, 0.2) is 0 Å². The van der Waals surface area contributed by atoms with E-state index >= 15 is 0 Å². The van der Waals surface area contributed by atoms with Gasteiger partial charge in [-0.2, -0.15) is 0 Å². The maximum atomic E-state index is 13.9. The topological polar surface area (TPSA) is 50.7 Å². The van der Waals surface area contributed by atoms with Crippen LogP contribution in [0.3, 0.4) is 0 Å². The Morgan fingerprint density at radius 2 is 1.57 bits per heavy atom. The average Bonchev–Trinajstić information content (AvgIpc) is 3.29. The number of hydrogen-bond donors (Lipinski definition) is 1. The maximum absolute atomic E-state index is 13.9. The lowest BCUT2D eigenvalue weighted by atomic mass is 9.84. The normalized spacial score (nSPS) is 17.5. The molecule has 0 saturated carbocycles. The van der Waals surface area contributed by atoms with E-state index < -0.39 is 0 Å². The van der Waals surface area contributed by atoms with Gasteiger partial charge in [0.25, 0.3) is 5.91 Å². The molecule has 3 atom stereocenters. The van der Waals surface area contributed by atoms with Gasteiger partial charge in [0.2, 0.25) is 5.90 Å². The number of carbonyl (C=O) groups excluding carboxylic acids is 1. The number of amides is 1. The van der Waals surface area contributed by atoms with Crippen LogP contribution in [0.5, 0.6) is 0 Å². The first kappa shape index (κ1) is 27.0. The van der Waals surface area contributed by atoms with Crippen molar-refractivity contribution in [3.63, 3.8) is 0 Å². The highest BCUT2D eigenvalue weighted by molar-refractivity contribution is 6.00. The second-order valence-electron chi connectivity index (χ2n) is 11.0. The Balaban J connectivity index is 1.92. The van der Waals surface area contributed by atoms with Gasteiger partial charge in [0, 0.05) is 5.56 Å². The van der Waals surface area contributed by atoms with Crippen LogP contribution in [0.1, 0.15) is 112 Å². The predicted molar refractivity (Wildman–Crippen MR) is 147 cm³/mol. The molecule has 0 radical (unpaired) electrons. The minimum absolute atomic E-state index is 0.0178. The largest absolute Gasteiger partial charge is 0.477 e. The summed E-state index contributed by atoms with van der Waals surface area (Å²) >= 11 is 0. The lowest BCUT2D eigenvalue weighted by molar-refractivity contribution is 0.0929. The van der Waals surface area contributed by atoms with Crippen LogP contribution in [0, 0.1) is 5.92 Å². The van der Waals surface area contributed by atoms with Gasteiger partial charge in [-0.05, 0) is 52.3 Å². The molecule has 1 unspecified atom stereocenters. The van der Waals surface area contributed by atoms with E-state index in [0.717, 1.165) is 29.5 Å². The number of carbonyl (C=O) groups is 1. The zero-order valence-corrected chi connectivity index (χ0v) is 22.9. The fraction of sp³-hybridized carbons (Fsp3) is 0.548. The first-order valence-electron chi connectivity index (χ1n) is 13.3. The summed E-state index contributed by atoms with van der Waals surface area (Å²) in [5, 5.41) is 3.35. The van der Waals surface area contributed by atoms with Crippen LogP contribution in [0.15, 0.2) is 47.5 Å². The Kier molecular flexibility index (Phi) is 9.15. The van der Waals surface area contributed by atoms with Crippen LogP contribution in [-0.2, 0) is 11.2 Å². The van der Waals surface area contributed by atoms with Crippen molar-refractivity contribution in [2.75, 3.05) is 6.61 Å². The van der Waals surface area contributed by atoms with E-state index in [-0.39, 0.29) is 35.7 Å². The van der Waals surface area contributed by atoms with Crippen molar-refractivity contribution < 1.29 is 9.53 Å². The summed E-state index contributed by atoms with van der Waals surface area (Å²) in [6, 6.07) is 14.7. The van der Waals surface area contributed by atoms with Gasteiger partial charge in [0.1, 0.15) is 12.6 Å². The summed E-state index contributed by atoms with van der Waals surface area (Å²) in [6.07, 6.45) is 1.77. The summed E-state index contributed by atoms with van der Waals surface area (Å²) in [7, 11) is 0. The molecule has 1 aliphatic heterocycles. The van der Waals surface area contributed by atoms with Crippen molar-refractivity contribution in [2.45, 2.75) is 98.1 Å². The molecule has 190 valence electrons. The van der Waals surface area contributed by atoms with Gasteiger partial charge in [-0.3, -0.25) is 4.79 Å². The number of aliphatic imine (C=N–C) groups is 1. The highest BCUT2D eigenvalue weighted by Gasteiger charge is 2.32. The van der Waals surface area contributed by atoms with Gasteiger partial charge in [-0.15, -0.1) is 0 Å². The van der Waals surface area contributed by atoms with E-state index in [9.17, 15) is 4.79 Å². The molecule has 4 heteroatoms. The molecule has 0 aliphatic carbocycles. The Hall–Kier alpha value is -2.62. The first-order valence-corrected chi connectivity index (χ1v) is 13.3. The van der Waals surface area contributed by atoms with Crippen molar-refractivity contribution in [2.24, 2.45) is 10.9 Å². The zero-order valence-electron chi connectivity index (χ0n) is 22.9. The third kappa shape index (κ3) is 6.54.